The van der Waals surface area contributed by atoms with Gasteiger partial charge < -0.3 is 10.6 Å². The van der Waals surface area contributed by atoms with Gasteiger partial charge in [0.1, 0.15) is 17.8 Å². The van der Waals surface area contributed by atoms with Crippen LogP contribution in [0.15, 0.2) is 54.9 Å². The Morgan fingerprint density at radius 2 is 1.60 bits per heavy atom. The highest BCUT2D eigenvalue weighted by atomic mass is 16.1. The maximum absolute atomic E-state index is 12.4. The zero-order valence-electron chi connectivity index (χ0n) is 14.5. The lowest BCUT2D eigenvalue weighted by Crippen LogP contribution is -2.14. The lowest BCUT2D eigenvalue weighted by molar-refractivity contribution is 0.102. The number of benzene rings is 2. The largest absolute Gasteiger partial charge is 0.340 e. The average Bonchev–Trinajstić information content (AvgIpc) is 2.60. The molecule has 25 heavy (non-hydrogen) atoms. The molecule has 0 unspecified atom stereocenters. The van der Waals surface area contributed by atoms with Crippen LogP contribution < -0.4 is 10.6 Å². The molecule has 126 valence electrons. The van der Waals surface area contributed by atoms with E-state index in [9.17, 15) is 4.79 Å². The van der Waals surface area contributed by atoms with E-state index in [1.165, 1.54) is 6.33 Å². The molecule has 0 spiro atoms. The molecular weight excluding hydrogens is 312 g/mol. The summed E-state index contributed by atoms with van der Waals surface area (Å²) in [4.78, 5) is 20.7. The first-order chi connectivity index (χ1) is 12.0. The number of nitrogens with zero attached hydrogens (tertiary/aromatic N) is 2. The lowest BCUT2D eigenvalue weighted by atomic mass is 10.1. The van der Waals surface area contributed by atoms with Gasteiger partial charge in [0.2, 0.25) is 0 Å². The Kier molecular flexibility index (Phi) is 4.75. The van der Waals surface area contributed by atoms with Crippen molar-refractivity contribution in [2.75, 3.05) is 10.6 Å². The molecule has 0 atom stereocenters. The predicted octanol–water partition coefficient (Wildman–Crippen LogP) is 4.40. The van der Waals surface area contributed by atoms with Gasteiger partial charge >= 0.3 is 0 Å². The summed E-state index contributed by atoms with van der Waals surface area (Å²) in [5.74, 6) is 0.313. The van der Waals surface area contributed by atoms with Crippen molar-refractivity contribution in [1.29, 1.82) is 0 Å². The van der Waals surface area contributed by atoms with Crippen LogP contribution in [0, 0.1) is 20.8 Å². The molecule has 0 aliphatic heterocycles. The molecule has 0 radical (unpaired) electrons. The summed E-state index contributed by atoms with van der Waals surface area (Å²) in [5, 5.41) is 6.09. The zero-order valence-corrected chi connectivity index (χ0v) is 14.5. The molecule has 2 aromatic carbocycles. The summed E-state index contributed by atoms with van der Waals surface area (Å²) < 4.78 is 0. The van der Waals surface area contributed by atoms with Crippen LogP contribution in [0.2, 0.25) is 0 Å². The van der Waals surface area contributed by atoms with Crippen LogP contribution in [0.4, 0.5) is 17.2 Å². The normalized spacial score (nSPS) is 10.4. The van der Waals surface area contributed by atoms with Crippen molar-refractivity contribution in [3.8, 4) is 0 Å². The fraction of sp³-hybridized carbons (Fsp3) is 0.150. The average molecular weight is 332 g/mol. The molecule has 1 heterocycles. The third-order valence-electron chi connectivity index (χ3n) is 3.86. The minimum Gasteiger partial charge on any atom is -0.340 e. The summed E-state index contributed by atoms with van der Waals surface area (Å²) in [7, 11) is 0. The molecule has 3 aromatic rings. The number of rotatable bonds is 4. The molecule has 0 fully saturated rings. The lowest BCUT2D eigenvalue weighted by Gasteiger charge is -2.10. The van der Waals surface area contributed by atoms with Crippen molar-refractivity contribution in [2.45, 2.75) is 20.8 Å². The van der Waals surface area contributed by atoms with Crippen molar-refractivity contribution in [3.05, 3.63) is 77.2 Å². The van der Waals surface area contributed by atoms with E-state index in [1.807, 2.05) is 57.2 Å². The Hall–Kier alpha value is -3.21. The third-order valence-corrected chi connectivity index (χ3v) is 3.86. The minimum absolute atomic E-state index is 0.268. The predicted molar refractivity (Wildman–Crippen MR) is 100 cm³/mol. The van der Waals surface area contributed by atoms with Gasteiger partial charge in [-0.25, -0.2) is 9.97 Å². The summed E-state index contributed by atoms with van der Waals surface area (Å²) in [5.41, 5.74) is 5.40. The second-order valence-electron chi connectivity index (χ2n) is 6.05. The standard InChI is InChI=1S/C20H20N4O/c1-13-5-8-16(9-6-13)23-20(25)18-11-19(22-12-21-18)24-17-10-14(2)4-7-15(17)3/h4-12H,1-3H3,(H,23,25)(H,21,22,24). The molecule has 5 nitrogen and oxygen atoms in total. The van der Waals surface area contributed by atoms with Crippen LogP contribution >= 0.6 is 0 Å². The molecule has 5 heteroatoms. The number of carbonyl (C=O) groups is 1. The van der Waals surface area contributed by atoms with Gasteiger partial charge in [-0.3, -0.25) is 4.79 Å². The maximum atomic E-state index is 12.4. The first-order valence-electron chi connectivity index (χ1n) is 8.05. The monoisotopic (exact) mass is 332 g/mol. The molecule has 0 bridgehead atoms. The Bertz CT molecular complexity index is 904. The molecule has 0 aliphatic carbocycles. The molecule has 2 N–H and O–H groups in total. The third kappa shape index (κ3) is 4.20. The Labute approximate surface area is 147 Å². The summed E-state index contributed by atoms with van der Waals surface area (Å²) in [6, 6.07) is 15.4. The van der Waals surface area contributed by atoms with Crippen LogP contribution in [0.25, 0.3) is 0 Å². The van der Waals surface area contributed by atoms with E-state index in [4.69, 9.17) is 0 Å². The highest BCUT2D eigenvalue weighted by molar-refractivity contribution is 6.03. The fourth-order valence-corrected chi connectivity index (χ4v) is 2.39. The van der Waals surface area contributed by atoms with E-state index in [1.54, 1.807) is 6.07 Å². The van der Waals surface area contributed by atoms with Crippen molar-refractivity contribution < 1.29 is 4.79 Å². The van der Waals surface area contributed by atoms with Crippen LogP contribution in [0.1, 0.15) is 27.2 Å². The number of hydrogen-bond donors (Lipinski definition) is 2. The highest BCUT2D eigenvalue weighted by Crippen LogP contribution is 2.21. The molecule has 0 saturated heterocycles. The Morgan fingerprint density at radius 1 is 0.880 bits per heavy atom. The zero-order chi connectivity index (χ0) is 17.8. The van der Waals surface area contributed by atoms with Gasteiger partial charge in [0.25, 0.3) is 5.91 Å². The highest BCUT2D eigenvalue weighted by Gasteiger charge is 2.10. The van der Waals surface area contributed by atoms with Crippen molar-refractivity contribution in [1.82, 2.24) is 9.97 Å². The maximum Gasteiger partial charge on any atom is 0.274 e. The van der Waals surface area contributed by atoms with Gasteiger partial charge in [0.15, 0.2) is 0 Å². The summed E-state index contributed by atoms with van der Waals surface area (Å²) in [6.07, 6.45) is 1.39. The van der Waals surface area contributed by atoms with Gasteiger partial charge in [-0.1, -0.05) is 29.8 Å². The van der Waals surface area contributed by atoms with Crippen LogP contribution in [0.3, 0.4) is 0 Å². The number of aryl methyl sites for hydroxylation is 3. The summed E-state index contributed by atoms with van der Waals surface area (Å²) >= 11 is 0. The second-order valence-corrected chi connectivity index (χ2v) is 6.05. The van der Waals surface area contributed by atoms with E-state index < -0.39 is 0 Å². The smallest absolute Gasteiger partial charge is 0.274 e. The van der Waals surface area contributed by atoms with Gasteiger partial charge in [-0.05, 0) is 50.1 Å². The SMILES string of the molecule is Cc1ccc(NC(=O)c2cc(Nc3cc(C)ccc3C)ncn2)cc1. The number of carbonyl (C=O) groups excluding carboxylic acids is 1. The van der Waals surface area contributed by atoms with Crippen molar-refractivity contribution >= 4 is 23.1 Å². The van der Waals surface area contributed by atoms with Crippen LogP contribution in [-0.4, -0.2) is 15.9 Å². The van der Waals surface area contributed by atoms with Crippen molar-refractivity contribution in [3.63, 3.8) is 0 Å². The van der Waals surface area contributed by atoms with Crippen molar-refractivity contribution in [2.24, 2.45) is 0 Å². The first kappa shape index (κ1) is 16.6. The summed E-state index contributed by atoms with van der Waals surface area (Å²) in [6.45, 7) is 6.06. The number of amides is 1. The van der Waals surface area contributed by atoms with Gasteiger partial charge in [-0.2, -0.15) is 0 Å². The number of aromatic nitrogens is 2. The van der Waals surface area contributed by atoms with Crippen LogP contribution in [-0.2, 0) is 0 Å². The molecule has 0 saturated carbocycles. The van der Waals surface area contributed by atoms with E-state index in [-0.39, 0.29) is 5.91 Å². The Balaban J connectivity index is 1.77. The number of hydrogen-bond acceptors (Lipinski definition) is 4. The van der Waals surface area contributed by atoms with Gasteiger partial charge in [-0.15, -0.1) is 0 Å². The number of nitrogens with one attached hydrogen (secondary N) is 2. The quantitative estimate of drug-likeness (QED) is 0.743. The Morgan fingerprint density at radius 3 is 2.36 bits per heavy atom. The topological polar surface area (TPSA) is 66.9 Å². The van der Waals surface area contributed by atoms with E-state index in [0.717, 1.165) is 28.1 Å². The number of anilines is 3. The second kappa shape index (κ2) is 7.13. The fourth-order valence-electron chi connectivity index (χ4n) is 2.39. The van der Waals surface area contributed by atoms with E-state index in [2.05, 4.69) is 26.7 Å². The van der Waals surface area contributed by atoms with E-state index >= 15 is 0 Å². The minimum atomic E-state index is -0.268. The molecule has 1 aromatic heterocycles. The van der Waals surface area contributed by atoms with Gasteiger partial charge in [0, 0.05) is 17.4 Å². The van der Waals surface area contributed by atoms with E-state index in [0.29, 0.717) is 11.5 Å². The van der Waals surface area contributed by atoms with Gasteiger partial charge in [0.05, 0.1) is 0 Å². The molecular formula is C20H20N4O. The van der Waals surface area contributed by atoms with Crippen LogP contribution in [0.5, 0.6) is 0 Å². The molecule has 0 aliphatic rings. The molecule has 3 rings (SSSR count). The first-order valence-corrected chi connectivity index (χ1v) is 8.05. The molecule has 1 amide bonds.